The lowest BCUT2D eigenvalue weighted by Gasteiger charge is -1.71. The molecular formula is C15H32O3. The minimum Gasteiger partial charge on any atom is -0.300 e. The van der Waals surface area contributed by atoms with Crippen molar-refractivity contribution in [2.75, 3.05) is 0 Å². The number of hydrogen-bond donors (Lipinski definition) is 0. The lowest BCUT2D eigenvalue weighted by atomic mass is 10.4. The first-order chi connectivity index (χ1) is 8.22. The maximum Gasteiger partial charge on any atom is 0.129 e. The van der Waals surface area contributed by atoms with Gasteiger partial charge in [0.15, 0.2) is 0 Å². The third kappa shape index (κ3) is 117. The van der Waals surface area contributed by atoms with E-state index in [1.807, 2.05) is 20.8 Å². The van der Waals surface area contributed by atoms with Crippen molar-refractivity contribution in [2.45, 2.75) is 81.1 Å². The minimum absolute atomic E-state index is 0.255. The molecule has 0 aromatic carbocycles. The summed E-state index contributed by atoms with van der Waals surface area (Å²) < 4.78 is 0. The summed E-state index contributed by atoms with van der Waals surface area (Å²) >= 11 is 0. The van der Waals surface area contributed by atoms with Gasteiger partial charge in [0.05, 0.1) is 0 Å². The average Bonchev–Trinajstić information content (AvgIpc) is 2.31. The molecule has 0 fully saturated rings. The fourth-order valence-corrected chi connectivity index (χ4v) is 0. The van der Waals surface area contributed by atoms with Crippen LogP contribution in [0.5, 0.6) is 0 Å². The summed E-state index contributed by atoms with van der Waals surface area (Å²) in [6.07, 6.45) is 3.25. The molecule has 0 radical (unpaired) electrons. The summed E-state index contributed by atoms with van der Waals surface area (Å²) in [6, 6.07) is 0. The normalized spacial score (nSPS) is 7.33. The van der Waals surface area contributed by atoms with Crippen molar-refractivity contribution in [3.63, 3.8) is 0 Å². The van der Waals surface area contributed by atoms with Gasteiger partial charge in [0, 0.05) is 19.3 Å². The molecule has 0 bridgehead atoms. The van der Waals surface area contributed by atoms with Gasteiger partial charge in [0.2, 0.25) is 0 Å². The van der Waals surface area contributed by atoms with Crippen LogP contribution in [-0.2, 0) is 14.4 Å². The number of hydrogen-bond acceptors (Lipinski definition) is 3. The van der Waals surface area contributed by atoms with Crippen LogP contribution in [-0.4, -0.2) is 17.3 Å². The van der Waals surface area contributed by atoms with Gasteiger partial charge in [-0.05, 0) is 20.8 Å². The van der Waals surface area contributed by atoms with Gasteiger partial charge in [-0.25, -0.2) is 0 Å². The minimum atomic E-state index is 0.255. The fourth-order valence-electron chi connectivity index (χ4n) is 0. The molecule has 0 spiro atoms. The van der Waals surface area contributed by atoms with Gasteiger partial charge >= 0.3 is 0 Å². The van der Waals surface area contributed by atoms with Crippen molar-refractivity contribution < 1.29 is 14.4 Å². The number of Topliss-reactive ketones (excluding diaryl/α,β-unsaturated/α-hetero) is 3. The maximum atomic E-state index is 9.81. The average molecular weight is 260 g/mol. The van der Waals surface area contributed by atoms with Crippen LogP contribution in [0.3, 0.4) is 0 Å². The zero-order valence-electron chi connectivity index (χ0n) is 13.6. The third-order valence-corrected chi connectivity index (χ3v) is 1.49. The van der Waals surface area contributed by atoms with Crippen LogP contribution in [0.25, 0.3) is 0 Å². The van der Waals surface area contributed by atoms with Crippen LogP contribution < -0.4 is 0 Å². The van der Waals surface area contributed by atoms with Crippen LogP contribution in [0.4, 0.5) is 0 Å². The van der Waals surface area contributed by atoms with Crippen molar-refractivity contribution in [1.29, 1.82) is 0 Å². The molecule has 0 rings (SSSR count). The van der Waals surface area contributed by atoms with E-state index in [4.69, 9.17) is 0 Å². The van der Waals surface area contributed by atoms with E-state index in [-0.39, 0.29) is 17.3 Å². The second kappa shape index (κ2) is 25.0. The van der Waals surface area contributed by atoms with Gasteiger partial charge in [0.1, 0.15) is 17.3 Å². The Balaban J connectivity index is -0.0000000739. The Labute approximate surface area is 113 Å². The summed E-state index contributed by atoms with van der Waals surface area (Å²) in [4.78, 5) is 29.4. The highest BCUT2D eigenvalue weighted by Gasteiger charge is 1.77. The second-order valence-corrected chi connectivity index (χ2v) is 3.87. The predicted octanol–water partition coefficient (Wildman–Crippen LogP) is 4.37. The summed E-state index contributed by atoms with van der Waals surface area (Å²) in [5.41, 5.74) is 0. The molecule has 3 heteroatoms. The quantitative estimate of drug-likeness (QED) is 0.757. The third-order valence-electron chi connectivity index (χ3n) is 1.49. The van der Waals surface area contributed by atoms with E-state index >= 15 is 0 Å². The molecule has 0 aliphatic rings. The van der Waals surface area contributed by atoms with Crippen molar-refractivity contribution in [3.05, 3.63) is 0 Å². The van der Waals surface area contributed by atoms with E-state index in [0.717, 1.165) is 0 Å². The van der Waals surface area contributed by atoms with Crippen molar-refractivity contribution in [2.24, 2.45) is 0 Å². The van der Waals surface area contributed by atoms with Crippen LogP contribution in [0.2, 0.25) is 0 Å². The first-order valence-electron chi connectivity index (χ1n) is 6.71. The highest BCUT2D eigenvalue weighted by Crippen LogP contribution is 1.72. The standard InChI is InChI=1S/3C4H8O.C3H8/c3*1-3-4(2)5;1-3-2/h3*3H2,1-2H3;3H2,1-2H3. The van der Waals surface area contributed by atoms with Crippen LogP contribution in [0, 0.1) is 0 Å². The molecule has 18 heavy (non-hydrogen) atoms. The van der Waals surface area contributed by atoms with Gasteiger partial charge in [-0.15, -0.1) is 0 Å². The number of rotatable bonds is 3. The van der Waals surface area contributed by atoms with E-state index < -0.39 is 0 Å². The molecule has 0 N–H and O–H groups in total. The SMILES string of the molecule is CCC.CCC(C)=O.CCC(C)=O.CCC(C)=O. The van der Waals surface area contributed by atoms with Crippen molar-refractivity contribution in [3.8, 4) is 0 Å². The second-order valence-electron chi connectivity index (χ2n) is 3.87. The Morgan fingerprint density at radius 2 is 0.611 bits per heavy atom. The topological polar surface area (TPSA) is 51.2 Å². The number of ketones is 3. The molecule has 0 atom stereocenters. The van der Waals surface area contributed by atoms with Crippen molar-refractivity contribution >= 4 is 17.3 Å². The van der Waals surface area contributed by atoms with Crippen molar-refractivity contribution in [1.82, 2.24) is 0 Å². The predicted molar refractivity (Wildman–Crippen MR) is 78.9 cm³/mol. The maximum absolute atomic E-state index is 9.81. The van der Waals surface area contributed by atoms with E-state index in [1.165, 1.54) is 6.42 Å². The van der Waals surface area contributed by atoms with E-state index in [9.17, 15) is 14.4 Å². The smallest absolute Gasteiger partial charge is 0.129 e. The van der Waals surface area contributed by atoms with Gasteiger partial charge in [-0.1, -0.05) is 41.0 Å². The Kier molecular flexibility index (Phi) is 35.8. The van der Waals surface area contributed by atoms with E-state index in [2.05, 4.69) is 13.8 Å². The van der Waals surface area contributed by atoms with Crippen LogP contribution in [0.15, 0.2) is 0 Å². The number of carbonyl (C=O) groups is 3. The molecule has 0 aromatic rings. The Morgan fingerprint density at radius 3 is 0.611 bits per heavy atom. The lowest BCUT2D eigenvalue weighted by Crippen LogP contribution is -1.80. The molecule has 110 valence electrons. The Morgan fingerprint density at radius 1 is 0.556 bits per heavy atom. The first-order valence-corrected chi connectivity index (χ1v) is 6.71. The van der Waals surface area contributed by atoms with Gasteiger partial charge in [0.25, 0.3) is 0 Å². The molecule has 0 aliphatic carbocycles. The zero-order valence-corrected chi connectivity index (χ0v) is 13.6. The van der Waals surface area contributed by atoms with Crippen LogP contribution >= 0.6 is 0 Å². The van der Waals surface area contributed by atoms with E-state index in [0.29, 0.717) is 19.3 Å². The van der Waals surface area contributed by atoms with Gasteiger partial charge in [-0.3, -0.25) is 0 Å². The van der Waals surface area contributed by atoms with Gasteiger partial charge in [-0.2, -0.15) is 0 Å². The summed E-state index contributed by atoms with van der Waals surface area (Å²) in [6.45, 7) is 14.5. The summed E-state index contributed by atoms with van der Waals surface area (Å²) in [5.74, 6) is 0.764. The highest BCUT2D eigenvalue weighted by molar-refractivity contribution is 5.75. The fraction of sp³-hybridized carbons (Fsp3) is 0.800. The molecule has 0 heterocycles. The molecule has 0 aromatic heterocycles. The lowest BCUT2D eigenvalue weighted by molar-refractivity contribution is -0.117. The molecule has 0 aliphatic heterocycles. The van der Waals surface area contributed by atoms with Crippen LogP contribution in [0.1, 0.15) is 81.1 Å². The number of carbonyl (C=O) groups excluding carboxylic acids is 3. The Hall–Kier alpha value is -0.990. The summed E-state index contributed by atoms with van der Waals surface area (Å²) in [5, 5.41) is 0. The summed E-state index contributed by atoms with van der Waals surface area (Å²) in [7, 11) is 0. The largest absolute Gasteiger partial charge is 0.300 e. The molecule has 0 saturated heterocycles. The highest BCUT2D eigenvalue weighted by atomic mass is 16.1. The molecular weight excluding hydrogens is 228 g/mol. The monoisotopic (exact) mass is 260 g/mol. The molecule has 3 nitrogen and oxygen atoms in total. The molecule has 0 amide bonds. The molecule has 0 saturated carbocycles. The van der Waals surface area contributed by atoms with E-state index in [1.54, 1.807) is 20.8 Å². The first kappa shape index (κ1) is 25.8. The zero-order chi connectivity index (χ0) is 15.6. The van der Waals surface area contributed by atoms with Gasteiger partial charge < -0.3 is 14.4 Å². The Bertz CT molecular complexity index is 163. The molecule has 0 unspecified atom stereocenters.